The molecule has 0 aliphatic heterocycles. The monoisotopic (exact) mass is 320 g/mol. The normalized spacial score (nSPS) is 11.4. The zero-order valence-electron chi connectivity index (χ0n) is 13.9. The van der Waals surface area contributed by atoms with Crippen molar-refractivity contribution in [2.45, 2.75) is 32.6 Å². The van der Waals surface area contributed by atoms with Crippen LogP contribution in [0.4, 0.5) is 5.69 Å². The van der Waals surface area contributed by atoms with E-state index in [-0.39, 0.29) is 24.5 Å². The highest BCUT2D eigenvalue weighted by Crippen LogP contribution is 2.19. The van der Waals surface area contributed by atoms with E-state index in [0.29, 0.717) is 5.56 Å². The van der Waals surface area contributed by atoms with E-state index < -0.39 is 5.92 Å². The summed E-state index contributed by atoms with van der Waals surface area (Å²) in [6.45, 7) is 3.98. The first-order valence-electron chi connectivity index (χ1n) is 7.85. The van der Waals surface area contributed by atoms with E-state index in [2.05, 4.69) is 5.32 Å². The average Bonchev–Trinajstić information content (AvgIpc) is 2.58. The highest BCUT2D eigenvalue weighted by atomic mass is 16.2. The van der Waals surface area contributed by atoms with Gasteiger partial charge in [0, 0.05) is 18.5 Å². The first-order valence-corrected chi connectivity index (χ1v) is 7.85. The third kappa shape index (κ3) is 4.53. The third-order valence-corrected chi connectivity index (χ3v) is 3.97. The lowest BCUT2D eigenvalue weighted by Crippen LogP contribution is -2.16. The number of carbonyl (C=O) groups excluding carboxylic acids is 2. The molecule has 0 aliphatic rings. The van der Waals surface area contributed by atoms with Gasteiger partial charge in [-0.2, -0.15) is 5.26 Å². The van der Waals surface area contributed by atoms with Crippen LogP contribution in [0.1, 0.15) is 35.4 Å². The molecule has 1 amide bonds. The maximum Gasteiger partial charge on any atom is 0.224 e. The average molecular weight is 320 g/mol. The molecule has 0 radical (unpaired) electrons. The number of hydrogen-bond donors (Lipinski definition) is 1. The van der Waals surface area contributed by atoms with Crippen LogP contribution in [0.15, 0.2) is 48.5 Å². The number of carbonyl (C=O) groups is 2. The van der Waals surface area contributed by atoms with Crippen molar-refractivity contribution < 1.29 is 9.59 Å². The molecule has 2 rings (SSSR count). The van der Waals surface area contributed by atoms with Gasteiger partial charge in [-0.25, -0.2) is 0 Å². The molecule has 0 fully saturated rings. The lowest BCUT2D eigenvalue weighted by molar-refractivity contribution is -0.123. The van der Waals surface area contributed by atoms with Gasteiger partial charge in [-0.05, 0) is 42.7 Å². The van der Waals surface area contributed by atoms with Crippen molar-refractivity contribution in [1.82, 2.24) is 0 Å². The second-order valence-corrected chi connectivity index (χ2v) is 5.79. The first kappa shape index (κ1) is 17.4. The molecule has 1 unspecified atom stereocenters. The van der Waals surface area contributed by atoms with Crippen LogP contribution in [0.5, 0.6) is 0 Å². The Balaban J connectivity index is 1.92. The van der Waals surface area contributed by atoms with Crippen LogP contribution >= 0.6 is 0 Å². The molecule has 1 atom stereocenters. The largest absolute Gasteiger partial charge is 0.326 e. The Morgan fingerprint density at radius 2 is 1.75 bits per heavy atom. The Morgan fingerprint density at radius 3 is 2.38 bits per heavy atom. The van der Waals surface area contributed by atoms with Gasteiger partial charge in [-0.3, -0.25) is 9.59 Å². The van der Waals surface area contributed by atoms with Gasteiger partial charge in [-0.15, -0.1) is 0 Å². The summed E-state index contributed by atoms with van der Waals surface area (Å²) in [5, 5.41) is 12.0. The Labute approximate surface area is 142 Å². The minimum absolute atomic E-state index is 0.0454. The van der Waals surface area contributed by atoms with Gasteiger partial charge in [0.15, 0.2) is 5.78 Å². The summed E-state index contributed by atoms with van der Waals surface area (Å²) in [6.07, 6.45) is 0.112. The molecular weight excluding hydrogens is 300 g/mol. The fraction of sp³-hybridized carbons (Fsp3) is 0.250. The van der Waals surface area contributed by atoms with E-state index in [1.54, 1.807) is 24.3 Å². The molecular formula is C20H20N2O2. The van der Waals surface area contributed by atoms with E-state index in [9.17, 15) is 14.9 Å². The van der Waals surface area contributed by atoms with E-state index >= 15 is 0 Å². The van der Waals surface area contributed by atoms with Gasteiger partial charge < -0.3 is 5.32 Å². The van der Waals surface area contributed by atoms with Gasteiger partial charge in [0.1, 0.15) is 5.92 Å². The molecule has 2 aromatic rings. The number of ketones is 1. The summed E-state index contributed by atoms with van der Waals surface area (Å²) < 4.78 is 0. The Bertz CT molecular complexity index is 776. The van der Waals surface area contributed by atoms with Crippen LogP contribution in [0, 0.1) is 25.2 Å². The minimum atomic E-state index is -0.819. The van der Waals surface area contributed by atoms with Crippen molar-refractivity contribution in [3.05, 3.63) is 65.2 Å². The maximum absolute atomic E-state index is 12.2. The summed E-state index contributed by atoms with van der Waals surface area (Å²) in [5.41, 5.74) is 3.63. The van der Waals surface area contributed by atoms with Crippen molar-refractivity contribution in [3.63, 3.8) is 0 Å². The predicted octanol–water partition coefficient (Wildman–Crippen LogP) is 3.90. The summed E-state index contributed by atoms with van der Waals surface area (Å²) in [4.78, 5) is 24.2. The van der Waals surface area contributed by atoms with E-state index in [4.69, 9.17) is 0 Å². The second kappa shape index (κ2) is 8.07. The lowest BCUT2D eigenvalue weighted by atomic mass is 9.93. The number of nitriles is 1. The van der Waals surface area contributed by atoms with Gasteiger partial charge in [0.25, 0.3) is 0 Å². The van der Waals surface area contributed by atoms with Crippen molar-refractivity contribution in [1.29, 1.82) is 5.26 Å². The quantitative estimate of drug-likeness (QED) is 0.877. The number of Topliss-reactive ketones (excluding diaryl/α,β-unsaturated/α-hetero) is 1. The van der Waals surface area contributed by atoms with Crippen LogP contribution in [0.3, 0.4) is 0 Å². The molecule has 24 heavy (non-hydrogen) atoms. The van der Waals surface area contributed by atoms with Gasteiger partial charge in [-0.1, -0.05) is 36.4 Å². The summed E-state index contributed by atoms with van der Waals surface area (Å²) in [7, 11) is 0. The van der Waals surface area contributed by atoms with Gasteiger partial charge in [0.05, 0.1) is 6.07 Å². The van der Waals surface area contributed by atoms with Crippen LogP contribution in [-0.2, 0) is 9.59 Å². The molecule has 0 aliphatic carbocycles. The molecule has 1 N–H and O–H groups in total. The third-order valence-electron chi connectivity index (χ3n) is 3.97. The van der Waals surface area contributed by atoms with Crippen molar-refractivity contribution in [2.75, 3.05) is 5.32 Å². The number of hydrogen-bond acceptors (Lipinski definition) is 3. The van der Waals surface area contributed by atoms with Gasteiger partial charge >= 0.3 is 0 Å². The zero-order valence-corrected chi connectivity index (χ0v) is 13.9. The van der Waals surface area contributed by atoms with Crippen LogP contribution < -0.4 is 5.32 Å². The van der Waals surface area contributed by atoms with Crippen LogP contribution in [0.25, 0.3) is 0 Å². The second-order valence-electron chi connectivity index (χ2n) is 5.79. The Hall–Kier alpha value is -2.93. The Morgan fingerprint density at radius 1 is 1.04 bits per heavy atom. The topological polar surface area (TPSA) is 70.0 Å². The number of rotatable bonds is 6. The number of nitrogens with zero attached hydrogens (tertiary/aromatic N) is 1. The number of benzene rings is 2. The standard InChI is InChI=1S/C20H20N2O2/c1-14-8-9-17(12-15(14)2)22-20(24)11-10-19(23)18(13-21)16-6-4-3-5-7-16/h3-9,12,18H,10-11H2,1-2H3,(H,22,24). The molecule has 4 heteroatoms. The predicted molar refractivity (Wildman–Crippen MR) is 93.6 cm³/mol. The molecule has 0 bridgehead atoms. The molecule has 0 aromatic heterocycles. The number of amides is 1. The zero-order chi connectivity index (χ0) is 17.5. The highest BCUT2D eigenvalue weighted by Gasteiger charge is 2.20. The Kier molecular flexibility index (Phi) is 5.86. The van der Waals surface area contributed by atoms with E-state index in [1.807, 2.05) is 44.2 Å². The molecule has 2 aromatic carbocycles. The first-order chi connectivity index (χ1) is 11.5. The summed E-state index contributed by atoms with van der Waals surface area (Å²) in [5.74, 6) is -1.28. The molecule has 0 heterocycles. The maximum atomic E-state index is 12.2. The molecule has 122 valence electrons. The van der Waals surface area contributed by atoms with Crippen molar-refractivity contribution in [2.24, 2.45) is 0 Å². The minimum Gasteiger partial charge on any atom is -0.326 e. The number of anilines is 1. The highest BCUT2D eigenvalue weighted by molar-refractivity contribution is 5.96. The molecule has 4 nitrogen and oxygen atoms in total. The fourth-order valence-corrected chi connectivity index (χ4v) is 2.40. The molecule has 0 saturated heterocycles. The van der Waals surface area contributed by atoms with E-state index in [1.165, 1.54) is 0 Å². The van der Waals surface area contributed by atoms with Crippen LogP contribution in [-0.4, -0.2) is 11.7 Å². The van der Waals surface area contributed by atoms with Crippen LogP contribution in [0.2, 0.25) is 0 Å². The van der Waals surface area contributed by atoms with Crippen molar-refractivity contribution in [3.8, 4) is 6.07 Å². The summed E-state index contributed by atoms with van der Waals surface area (Å²) >= 11 is 0. The SMILES string of the molecule is Cc1ccc(NC(=O)CCC(=O)C(C#N)c2ccccc2)cc1C. The molecule has 0 saturated carbocycles. The fourth-order valence-electron chi connectivity index (χ4n) is 2.40. The van der Waals surface area contributed by atoms with E-state index in [0.717, 1.165) is 16.8 Å². The lowest BCUT2D eigenvalue weighted by Gasteiger charge is -2.10. The summed E-state index contributed by atoms with van der Waals surface area (Å²) in [6, 6.07) is 16.6. The molecule has 0 spiro atoms. The number of nitrogens with one attached hydrogen (secondary N) is 1. The van der Waals surface area contributed by atoms with Gasteiger partial charge in [0.2, 0.25) is 5.91 Å². The van der Waals surface area contributed by atoms with Crippen molar-refractivity contribution >= 4 is 17.4 Å². The number of aryl methyl sites for hydroxylation is 2. The smallest absolute Gasteiger partial charge is 0.224 e.